The fourth-order valence-electron chi connectivity index (χ4n) is 2.22. The molecule has 3 nitrogen and oxygen atoms in total. The summed E-state index contributed by atoms with van der Waals surface area (Å²) in [4.78, 5) is 6.82. The molecule has 0 aromatic carbocycles. The van der Waals surface area contributed by atoms with Gasteiger partial charge in [0.15, 0.2) is 0 Å². The first-order valence-electron chi connectivity index (χ1n) is 5.71. The molecule has 1 aromatic heterocycles. The summed E-state index contributed by atoms with van der Waals surface area (Å²) >= 11 is 0. The van der Waals surface area contributed by atoms with Gasteiger partial charge in [0.2, 0.25) is 0 Å². The van der Waals surface area contributed by atoms with E-state index in [0.717, 1.165) is 12.4 Å². The van der Waals surface area contributed by atoms with Gasteiger partial charge in [0, 0.05) is 18.8 Å². The Balaban J connectivity index is 2.09. The number of hydrogen-bond acceptors (Lipinski definition) is 3. The molecule has 0 saturated carbocycles. The zero-order valence-corrected chi connectivity index (χ0v) is 9.53. The first kappa shape index (κ1) is 10.4. The van der Waals surface area contributed by atoms with Crippen molar-refractivity contribution in [1.29, 1.82) is 0 Å². The minimum absolute atomic E-state index is 0.577. The summed E-state index contributed by atoms with van der Waals surface area (Å²) in [5.74, 6) is 0.974. The molecule has 1 saturated heterocycles. The van der Waals surface area contributed by atoms with Gasteiger partial charge >= 0.3 is 0 Å². The molecule has 1 N–H and O–H groups in total. The molecular weight excluding hydrogens is 186 g/mol. The number of nitrogens with zero attached hydrogens (tertiary/aromatic N) is 2. The molecule has 1 aliphatic heterocycles. The number of anilines is 1. The Morgan fingerprint density at radius 3 is 2.93 bits per heavy atom. The van der Waals surface area contributed by atoms with Gasteiger partial charge in [-0.05, 0) is 45.0 Å². The van der Waals surface area contributed by atoms with Crippen LogP contribution in [0.4, 0.5) is 5.82 Å². The zero-order chi connectivity index (χ0) is 10.7. The van der Waals surface area contributed by atoms with E-state index < -0.39 is 0 Å². The van der Waals surface area contributed by atoms with E-state index in [0.29, 0.717) is 6.04 Å². The number of aromatic nitrogens is 1. The van der Waals surface area contributed by atoms with Crippen LogP contribution in [0.15, 0.2) is 18.3 Å². The van der Waals surface area contributed by atoms with E-state index in [1.165, 1.54) is 24.9 Å². The van der Waals surface area contributed by atoms with Crippen LogP contribution in [0, 0.1) is 0 Å². The Morgan fingerprint density at radius 2 is 2.40 bits per heavy atom. The van der Waals surface area contributed by atoms with Crippen LogP contribution in [0.25, 0.3) is 0 Å². The van der Waals surface area contributed by atoms with Crippen molar-refractivity contribution in [1.82, 2.24) is 9.88 Å². The van der Waals surface area contributed by atoms with Crippen molar-refractivity contribution in [2.75, 3.05) is 25.5 Å². The minimum atomic E-state index is 0.577. The number of likely N-dealkylation sites (tertiary alicyclic amines) is 1. The molecule has 1 fully saturated rings. The van der Waals surface area contributed by atoms with Gasteiger partial charge in [0.1, 0.15) is 5.82 Å². The third-order valence-electron chi connectivity index (χ3n) is 3.05. The van der Waals surface area contributed by atoms with Crippen LogP contribution in [0.2, 0.25) is 0 Å². The largest absolute Gasteiger partial charge is 0.370 e. The predicted octanol–water partition coefficient (Wildman–Crippen LogP) is 2.28. The highest BCUT2D eigenvalue weighted by Gasteiger charge is 2.22. The summed E-state index contributed by atoms with van der Waals surface area (Å²) in [5.41, 5.74) is 1.34. The lowest BCUT2D eigenvalue weighted by molar-refractivity contribution is 0.317. The molecule has 3 heteroatoms. The van der Waals surface area contributed by atoms with Crippen molar-refractivity contribution in [2.24, 2.45) is 0 Å². The van der Waals surface area contributed by atoms with Gasteiger partial charge in [-0.3, -0.25) is 4.90 Å². The van der Waals surface area contributed by atoms with Gasteiger partial charge in [-0.1, -0.05) is 6.07 Å². The van der Waals surface area contributed by atoms with Gasteiger partial charge in [0.25, 0.3) is 0 Å². The second-order valence-corrected chi connectivity index (χ2v) is 4.15. The fraction of sp³-hybridized carbons (Fsp3) is 0.583. The Labute approximate surface area is 91.5 Å². The first-order valence-corrected chi connectivity index (χ1v) is 5.71. The summed E-state index contributed by atoms with van der Waals surface area (Å²) in [7, 11) is 2.19. The zero-order valence-electron chi connectivity index (χ0n) is 9.53. The molecule has 1 atom stereocenters. The van der Waals surface area contributed by atoms with Crippen LogP contribution < -0.4 is 5.32 Å². The number of nitrogens with one attached hydrogen (secondary N) is 1. The number of rotatable bonds is 3. The maximum absolute atomic E-state index is 4.41. The van der Waals surface area contributed by atoms with Crippen LogP contribution in [0.1, 0.15) is 31.4 Å². The SMILES string of the molecule is CCNc1ccc(C2CCCN2C)cn1. The lowest BCUT2D eigenvalue weighted by atomic mass is 10.1. The maximum Gasteiger partial charge on any atom is 0.125 e. The average molecular weight is 205 g/mol. The third-order valence-corrected chi connectivity index (χ3v) is 3.05. The molecule has 1 aliphatic rings. The van der Waals surface area contributed by atoms with Gasteiger partial charge in [0.05, 0.1) is 0 Å². The van der Waals surface area contributed by atoms with Crippen molar-refractivity contribution in [3.8, 4) is 0 Å². The van der Waals surface area contributed by atoms with Crippen molar-refractivity contribution in [2.45, 2.75) is 25.8 Å². The molecule has 0 spiro atoms. The van der Waals surface area contributed by atoms with E-state index in [4.69, 9.17) is 0 Å². The Hall–Kier alpha value is -1.09. The highest BCUT2D eigenvalue weighted by atomic mass is 15.1. The van der Waals surface area contributed by atoms with Crippen LogP contribution in [-0.2, 0) is 0 Å². The lowest BCUT2D eigenvalue weighted by Crippen LogP contribution is -2.17. The van der Waals surface area contributed by atoms with E-state index in [2.05, 4.69) is 41.3 Å². The summed E-state index contributed by atoms with van der Waals surface area (Å²) in [6.07, 6.45) is 4.57. The van der Waals surface area contributed by atoms with Crippen LogP contribution >= 0.6 is 0 Å². The average Bonchev–Trinajstić information content (AvgIpc) is 2.66. The monoisotopic (exact) mass is 205 g/mol. The highest BCUT2D eigenvalue weighted by molar-refractivity contribution is 5.36. The topological polar surface area (TPSA) is 28.2 Å². The summed E-state index contributed by atoms with van der Waals surface area (Å²) in [6.45, 7) is 4.22. The molecular formula is C12H19N3. The fourth-order valence-corrected chi connectivity index (χ4v) is 2.22. The Bertz CT molecular complexity index is 307. The summed E-state index contributed by atoms with van der Waals surface area (Å²) in [5, 5.41) is 3.21. The van der Waals surface area contributed by atoms with E-state index in [1.807, 2.05) is 6.20 Å². The van der Waals surface area contributed by atoms with Crippen molar-refractivity contribution in [3.63, 3.8) is 0 Å². The second kappa shape index (κ2) is 4.62. The van der Waals surface area contributed by atoms with Crippen LogP contribution in [-0.4, -0.2) is 30.0 Å². The molecule has 0 radical (unpaired) electrons. The van der Waals surface area contributed by atoms with Crippen molar-refractivity contribution < 1.29 is 0 Å². The standard InChI is InChI=1S/C12H19N3/c1-3-13-12-7-6-10(9-14-12)11-5-4-8-15(11)2/h6-7,9,11H,3-5,8H2,1-2H3,(H,13,14). The van der Waals surface area contributed by atoms with Gasteiger partial charge in [-0.25, -0.2) is 4.98 Å². The maximum atomic E-state index is 4.41. The van der Waals surface area contributed by atoms with Crippen LogP contribution in [0.5, 0.6) is 0 Å². The molecule has 82 valence electrons. The van der Waals surface area contributed by atoms with Gasteiger partial charge < -0.3 is 5.32 Å². The molecule has 2 rings (SSSR count). The van der Waals surface area contributed by atoms with E-state index in [-0.39, 0.29) is 0 Å². The quantitative estimate of drug-likeness (QED) is 0.820. The Kier molecular flexibility index (Phi) is 3.21. The lowest BCUT2D eigenvalue weighted by Gasteiger charge is -2.19. The Morgan fingerprint density at radius 1 is 1.53 bits per heavy atom. The van der Waals surface area contributed by atoms with E-state index >= 15 is 0 Å². The van der Waals surface area contributed by atoms with E-state index in [1.54, 1.807) is 0 Å². The molecule has 0 amide bonds. The third kappa shape index (κ3) is 2.29. The molecule has 0 aliphatic carbocycles. The first-order chi connectivity index (χ1) is 7.31. The van der Waals surface area contributed by atoms with Crippen molar-refractivity contribution >= 4 is 5.82 Å². The molecule has 0 bridgehead atoms. The smallest absolute Gasteiger partial charge is 0.125 e. The van der Waals surface area contributed by atoms with Gasteiger partial charge in [-0.2, -0.15) is 0 Å². The normalized spacial score (nSPS) is 21.9. The molecule has 1 unspecified atom stereocenters. The van der Waals surface area contributed by atoms with Crippen molar-refractivity contribution in [3.05, 3.63) is 23.9 Å². The highest BCUT2D eigenvalue weighted by Crippen LogP contribution is 2.29. The number of pyridine rings is 1. The second-order valence-electron chi connectivity index (χ2n) is 4.15. The van der Waals surface area contributed by atoms with E-state index in [9.17, 15) is 0 Å². The predicted molar refractivity (Wildman–Crippen MR) is 63.0 cm³/mol. The van der Waals surface area contributed by atoms with Crippen LogP contribution in [0.3, 0.4) is 0 Å². The molecule has 2 heterocycles. The molecule has 15 heavy (non-hydrogen) atoms. The summed E-state index contributed by atoms with van der Waals surface area (Å²) < 4.78 is 0. The van der Waals surface area contributed by atoms with Gasteiger partial charge in [-0.15, -0.1) is 0 Å². The summed E-state index contributed by atoms with van der Waals surface area (Å²) in [6, 6.07) is 4.84. The molecule has 1 aromatic rings. The number of hydrogen-bond donors (Lipinski definition) is 1. The minimum Gasteiger partial charge on any atom is -0.370 e.